The molecule has 0 saturated carbocycles. The van der Waals surface area contributed by atoms with E-state index in [1.54, 1.807) is 0 Å². The summed E-state index contributed by atoms with van der Waals surface area (Å²) in [6.07, 6.45) is 2.99. The number of hydrogen-bond acceptors (Lipinski definition) is 7. The highest BCUT2D eigenvalue weighted by Gasteiger charge is 2.38. The van der Waals surface area contributed by atoms with Crippen LogP contribution in [0.3, 0.4) is 0 Å². The van der Waals surface area contributed by atoms with Crippen LogP contribution >= 0.6 is 0 Å². The highest BCUT2D eigenvalue weighted by atomic mass is 19.1. The minimum absolute atomic E-state index is 0.00556. The van der Waals surface area contributed by atoms with Crippen molar-refractivity contribution in [1.82, 2.24) is 4.98 Å². The molecule has 2 aliphatic rings. The predicted octanol–water partition coefficient (Wildman–Crippen LogP) is 8.06. The number of ether oxygens (including phenoxy) is 3. The van der Waals surface area contributed by atoms with Crippen molar-refractivity contribution in [2.24, 2.45) is 5.41 Å². The zero-order valence-corrected chi connectivity index (χ0v) is 29.3. The van der Waals surface area contributed by atoms with Gasteiger partial charge in [0.2, 0.25) is 0 Å². The summed E-state index contributed by atoms with van der Waals surface area (Å²) in [6, 6.07) is 12.8. The summed E-state index contributed by atoms with van der Waals surface area (Å²) >= 11 is 0. The second-order valence-corrected chi connectivity index (χ2v) is 15.1. The van der Waals surface area contributed by atoms with Crippen LogP contribution < -0.4 is 9.64 Å². The average Bonchev–Trinajstić information content (AvgIpc) is 2.99. The molecule has 0 amide bonds. The lowest BCUT2D eigenvalue weighted by Gasteiger charge is -2.41. The number of anilines is 1. The van der Waals surface area contributed by atoms with Crippen LogP contribution in [0.1, 0.15) is 102 Å². The smallest absolute Gasteiger partial charge is 0.340 e. The Labute approximate surface area is 279 Å². The maximum Gasteiger partial charge on any atom is 0.340 e. The van der Waals surface area contributed by atoms with E-state index < -0.39 is 17.7 Å². The molecule has 1 unspecified atom stereocenters. The number of carbonyl (C=O) groups is 1. The molecular weight excluding hydrogens is 595 g/mol. The van der Waals surface area contributed by atoms with E-state index in [9.17, 15) is 14.3 Å². The molecule has 1 aromatic heterocycles. The molecule has 1 fully saturated rings. The third kappa shape index (κ3) is 8.33. The van der Waals surface area contributed by atoms with Crippen LogP contribution in [0.4, 0.5) is 10.1 Å². The number of fused-ring (bicyclic) bond motifs is 1. The number of nitrogens with zero attached hydrogens (tertiary/aromatic N) is 2. The van der Waals surface area contributed by atoms with Gasteiger partial charge < -0.3 is 24.2 Å². The zero-order chi connectivity index (χ0) is 34.1. The molecule has 2 aromatic carbocycles. The molecule has 8 heteroatoms. The van der Waals surface area contributed by atoms with Gasteiger partial charge >= 0.3 is 5.97 Å². The molecular formula is C39H51FN2O5. The number of aryl methyl sites for hydroxylation is 2. The number of pyridine rings is 1. The van der Waals surface area contributed by atoms with Gasteiger partial charge in [-0.25, -0.2) is 9.18 Å². The van der Waals surface area contributed by atoms with Crippen molar-refractivity contribution >= 4 is 11.7 Å². The summed E-state index contributed by atoms with van der Waals surface area (Å²) in [7, 11) is 0. The summed E-state index contributed by atoms with van der Waals surface area (Å²) in [5.74, 6) is 0.133. The summed E-state index contributed by atoms with van der Waals surface area (Å²) in [4.78, 5) is 21.1. The van der Waals surface area contributed by atoms with E-state index in [2.05, 4.69) is 24.8 Å². The Bertz CT molecular complexity index is 1570. The van der Waals surface area contributed by atoms with Gasteiger partial charge in [-0.05, 0) is 114 Å². The standard InChI is InChI=1S/C39H51FN2O5/c1-24(2)45-37(44)36(47-38(4,5)6)33-25(3)41-31(23-43)34(35(33)42-19-17-39(7,8)18-20-42)28-12-16-32-27(22-28)11-15-30(46-32)21-26-9-13-29(40)14-10-26/h9-10,12-14,16,22,24,30,36,43H,11,15,17-21,23H2,1-8H3/t30-,36?/m1/s1. The molecule has 47 heavy (non-hydrogen) atoms. The lowest BCUT2D eigenvalue weighted by Crippen LogP contribution is -2.39. The Hall–Kier alpha value is -3.49. The second-order valence-electron chi connectivity index (χ2n) is 15.1. The van der Waals surface area contributed by atoms with Crippen LogP contribution in [-0.2, 0) is 33.7 Å². The van der Waals surface area contributed by atoms with Gasteiger partial charge in [0.05, 0.1) is 29.7 Å². The monoisotopic (exact) mass is 646 g/mol. The van der Waals surface area contributed by atoms with Gasteiger partial charge in [0, 0.05) is 36.3 Å². The third-order valence-electron chi connectivity index (χ3n) is 9.11. The number of benzene rings is 2. The fourth-order valence-corrected chi connectivity index (χ4v) is 6.66. The fourth-order valence-electron chi connectivity index (χ4n) is 6.66. The largest absolute Gasteiger partial charge is 0.490 e. The number of aromatic nitrogens is 1. The van der Waals surface area contributed by atoms with Crippen LogP contribution in [0, 0.1) is 18.2 Å². The van der Waals surface area contributed by atoms with Gasteiger partial charge in [-0.1, -0.05) is 32.0 Å². The Morgan fingerprint density at radius 1 is 1.13 bits per heavy atom. The van der Waals surface area contributed by atoms with E-state index >= 15 is 0 Å². The van der Waals surface area contributed by atoms with Crippen LogP contribution in [-0.4, -0.2) is 47.0 Å². The lowest BCUT2D eigenvalue weighted by atomic mass is 9.81. The average molecular weight is 647 g/mol. The minimum Gasteiger partial charge on any atom is -0.490 e. The number of esters is 1. The maximum absolute atomic E-state index is 13.8. The molecule has 3 heterocycles. The molecule has 0 radical (unpaired) electrons. The van der Waals surface area contributed by atoms with E-state index in [-0.39, 0.29) is 30.0 Å². The van der Waals surface area contributed by atoms with E-state index in [4.69, 9.17) is 19.2 Å². The number of piperidine rings is 1. The molecule has 0 spiro atoms. The van der Waals surface area contributed by atoms with Crippen molar-refractivity contribution in [3.8, 4) is 16.9 Å². The van der Waals surface area contributed by atoms with Crippen LogP contribution in [0.5, 0.6) is 5.75 Å². The molecule has 0 bridgehead atoms. The Balaban J connectivity index is 1.62. The van der Waals surface area contributed by atoms with Gasteiger partial charge in [0.1, 0.15) is 17.7 Å². The Kier molecular flexibility index (Phi) is 10.3. The molecule has 1 N–H and O–H groups in total. The predicted molar refractivity (Wildman–Crippen MR) is 183 cm³/mol. The second kappa shape index (κ2) is 13.9. The van der Waals surface area contributed by atoms with Gasteiger partial charge in [-0.15, -0.1) is 0 Å². The first-order valence-electron chi connectivity index (χ1n) is 17.0. The van der Waals surface area contributed by atoms with E-state index in [1.165, 1.54) is 12.1 Å². The highest BCUT2D eigenvalue weighted by Crippen LogP contribution is 2.46. The van der Waals surface area contributed by atoms with Gasteiger partial charge in [-0.2, -0.15) is 0 Å². The van der Waals surface area contributed by atoms with Crippen molar-refractivity contribution in [3.05, 3.63) is 76.4 Å². The SMILES string of the molecule is Cc1nc(CO)c(-c2ccc3c(c2)CC[C@H](Cc2ccc(F)cc2)O3)c(N2CCC(C)(C)CC2)c1C(OC(C)(C)C)C(=O)OC(C)C. The highest BCUT2D eigenvalue weighted by molar-refractivity contribution is 5.89. The number of hydrogen-bond donors (Lipinski definition) is 1. The summed E-state index contributed by atoms with van der Waals surface area (Å²) in [6.45, 7) is 17.3. The molecule has 1 saturated heterocycles. The minimum atomic E-state index is -1.01. The number of rotatable bonds is 9. The van der Waals surface area contributed by atoms with Crippen LogP contribution in [0.2, 0.25) is 0 Å². The quantitative estimate of drug-likeness (QED) is 0.236. The molecule has 2 aliphatic heterocycles. The molecule has 7 nitrogen and oxygen atoms in total. The molecule has 2 atom stereocenters. The van der Waals surface area contributed by atoms with Crippen molar-refractivity contribution in [1.29, 1.82) is 0 Å². The number of aliphatic hydroxyl groups excluding tert-OH is 1. The first-order chi connectivity index (χ1) is 22.1. The number of halogens is 1. The van der Waals surface area contributed by atoms with Crippen molar-refractivity contribution < 1.29 is 28.5 Å². The van der Waals surface area contributed by atoms with Crippen molar-refractivity contribution in [3.63, 3.8) is 0 Å². The van der Waals surface area contributed by atoms with E-state index in [0.29, 0.717) is 23.4 Å². The molecule has 254 valence electrons. The summed E-state index contributed by atoms with van der Waals surface area (Å²) in [5.41, 5.74) is 6.15. The topological polar surface area (TPSA) is 81.1 Å². The zero-order valence-electron chi connectivity index (χ0n) is 29.3. The van der Waals surface area contributed by atoms with Crippen molar-refractivity contribution in [2.75, 3.05) is 18.0 Å². The van der Waals surface area contributed by atoms with Crippen molar-refractivity contribution in [2.45, 2.75) is 118 Å². The third-order valence-corrected chi connectivity index (χ3v) is 9.11. The molecule has 3 aromatic rings. The van der Waals surface area contributed by atoms with E-state index in [1.807, 2.05) is 65.8 Å². The molecule has 5 rings (SSSR count). The first-order valence-corrected chi connectivity index (χ1v) is 17.0. The number of aliphatic hydroxyl groups is 1. The Morgan fingerprint density at radius 2 is 1.81 bits per heavy atom. The normalized spacial score (nSPS) is 18.4. The summed E-state index contributed by atoms with van der Waals surface area (Å²) in [5, 5.41) is 10.7. The fraction of sp³-hybridized carbons (Fsp3) is 0.538. The van der Waals surface area contributed by atoms with Gasteiger partial charge in [-0.3, -0.25) is 4.98 Å². The first kappa shape index (κ1) is 34.8. The van der Waals surface area contributed by atoms with Crippen LogP contribution in [0.25, 0.3) is 11.1 Å². The van der Waals surface area contributed by atoms with Gasteiger partial charge in [0.15, 0.2) is 6.10 Å². The van der Waals surface area contributed by atoms with Crippen LogP contribution in [0.15, 0.2) is 42.5 Å². The summed E-state index contributed by atoms with van der Waals surface area (Å²) < 4.78 is 32.2. The number of carbonyl (C=O) groups excluding carboxylic acids is 1. The maximum atomic E-state index is 13.8. The lowest BCUT2D eigenvalue weighted by molar-refractivity contribution is -0.171. The molecule has 0 aliphatic carbocycles. The Morgan fingerprint density at radius 3 is 2.43 bits per heavy atom. The van der Waals surface area contributed by atoms with E-state index in [0.717, 1.165) is 72.5 Å². The van der Waals surface area contributed by atoms with Gasteiger partial charge in [0.25, 0.3) is 0 Å².